The number of Topliss-reactive ketones (excluding diaryl/α,β-unsaturated/α-hetero) is 1. The number of hydrogen-bond donors (Lipinski definition) is 1. The van der Waals surface area contributed by atoms with Gasteiger partial charge in [0.1, 0.15) is 5.78 Å². The molecule has 0 bridgehead atoms. The number of carbonyl (C=O) groups excluding carboxylic acids is 1. The number of aliphatic hydroxyl groups is 1. The Balaban J connectivity index is 1.62. The van der Waals surface area contributed by atoms with Crippen molar-refractivity contribution in [1.82, 2.24) is 0 Å². The maximum atomic E-state index is 12.8. The fourth-order valence-corrected chi connectivity index (χ4v) is 10.1. The Labute approximate surface area is 198 Å². The molecule has 182 valence electrons. The van der Waals surface area contributed by atoms with E-state index in [2.05, 4.69) is 61.5 Å². The highest BCUT2D eigenvalue weighted by molar-refractivity contribution is 5.85. The Kier molecular flexibility index (Phi) is 5.89. The van der Waals surface area contributed by atoms with Crippen molar-refractivity contribution in [3.63, 3.8) is 0 Å². The molecular formula is C30H50O2. The minimum atomic E-state index is -0.572. The maximum absolute atomic E-state index is 12.8. The van der Waals surface area contributed by atoms with E-state index in [1.165, 1.54) is 44.1 Å². The van der Waals surface area contributed by atoms with Crippen LogP contribution < -0.4 is 0 Å². The number of fused-ring (bicyclic) bond motifs is 5. The van der Waals surface area contributed by atoms with Crippen LogP contribution in [-0.2, 0) is 4.79 Å². The molecular weight excluding hydrogens is 392 g/mol. The molecule has 8 atom stereocenters. The lowest BCUT2D eigenvalue weighted by Gasteiger charge is -2.69. The third-order valence-corrected chi connectivity index (χ3v) is 12.1. The summed E-state index contributed by atoms with van der Waals surface area (Å²) >= 11 is 0. The zero-order valence-corrected chi connectivity index (χ0v) is 22.3. The van der Waals surface area contributed by atoms with E-state index < -0.39 is 5.60 Å². The molecule has 0 aromatic carbocycles. The summed E-state index contributed by atoms with van der Waals surface area (Å²) in [5.41, 5.74) is 1.52. The topological polar surface area (TPSA) is 37.3 Å². The summed E-state index contributed by atoms with van der Waals surface area (Å²) in [6.45, 7) is 18.7. The molecule has 0 spiro atoms. The SMILES string of the molecule is CC(C)=CCC[C@](C)(O)[C@H]1CC[C@]2(C)[C@@H]1CC[C@@H]1[C@@]3(C)CCC(=O)C(C)(C)C3CC[C@]12C. The van der Waals surface area contributed by atoms with Crippen molar-refractivity contribution in [2.45, 2.75) is 125 Å². The second-order valence-electron chi connectivity index (χ2n) is 14.1. The second kappa shape index (κ2) is 7.69. The van der Waals surface area contributed by atoms with Crippen molar-refractivity contribution in [2.75, 3.05) is 0 Å². The molecule has 32 heavy (non-hydrogen) atoms. The molecule has 0 saturated heterocycles. The standard InChI is InChI=1S/C30H50O2/c1-20(2)10-9-16-30(8,32)22-13-18-28(6)21(22)11-12-24-27(5)17-15-25(31)26(3,4)23(27)14-19-29(24,28)7/h10,21-24,32H,9,11-19H2,1-8H3/t21-,22+,23?,24-,27+,28-,29-,30+/m1/s1. The van der Waals surface area contributed by atoms with E-state index in [9.17, 15) is 9.90 Å². The molecule has 2 nitrogen and oxygen atoms in total. The highest BCUT2D eigenvalue weighted by atomic mass is 16.3. The van der Waals surface area contributed by atoms with Gasteiger partial charge in [-0.25, -0.2) is 0 Å². The van der Waals surface area contributed by atoms with Gasteiger partial charge in [-0.15, -0.1) is 0 Å². The van der Waals surface area contributed by atoms with Crippen LogP contribution >= 0.6 is 0 Å². The Morgan fingerprint density at radius 3 is 2.28 bits per heavy atom. The van der Waals surface area contributed by atoms with Gasteiger partial charge in [0.2, 0.25) is 0 Å². The quantitative estimate of drug-likeness (QED) is 0.452. The first-order valence-corrected chi connectivity index (χ1v) is 13.6. The third-order valence-electron chi connectivity index (χ3n) is 12.1. The Morgan fingerprint density at radius 2 is 1.62 bits per heavy atom. The number of rotatable bonds is 4. The molecule has 0 amide bonds. The summed E-state index contributed by atoms with van der Waals surface area (Å²) in [5.74, 6) is 2.78. The average molecular weight is 443 g/mol. The van der Waals surface area contributed by atoms with Gasteiger partial charge in [0.05, 0.1) is 5.60 Å². The zero-order chi connectivity index (χ0) is 23.7. The van der Waals surface area contributed by atoms with Crippen LogP contribution in [0, 0.1) is 45.3 Å². The highest BCUT2D eigenvalue weighted by Gasteiger charge is 2.69. The van der Waals surface area contributed by atoms with Crippen molar-refractivity contribution in [3.8, 4) is 0 Å². The highest BCUT2D eigenvalue weighted by Crippen LogP contribution is 2.75. The minimum Gasteiger partial charge on any atom is -0.390 e. The van der Waals surface area contributed by atoms with Gasteiger partial charge in [0.25, 0.3) is 0 Å². The van der Waals surface area contributed by atoms with Gasteiger partial charge in [-0.3, -0.25) is 4.79 Å². The molecule has 1 unspecified atom stereocenters. The van der Waals surface area contributed by atoms with E-state index in [-0.39, 0.29) is 10.8 Å². The normalized spacial score (nSPS) is 47.1. The fourth-order valence-electron chi connectivity index (χ4n) is 10.1. The monoisotopic (exact) mass is 442 g/mol. The molecule has 2 heteroatoms. The smallest absolute Gasteiger partial charge is 0.138 e. The van der Waals surface area contributed by atoms with Crippen molar-refractivity contribution in [2.24, 2.45) is 45.3 Å². The fraction of sp³-hybridized carbons (Fsp3) is 0.900. The summed E-state index contributed by atoms with van der Waals surface area (Å²) in [6, 6.07) is 0. The van der Waals surface area contributed by atoms with E-state index in [4.69, 9.17) is 0 Å². The molecule has 0 heterocycles. The van der Waals surface area contributed by atoms with Crippen LogP contribution in [0.15, 0.2) is 11.6 Å². The van der Waals surface area contributed by atoms with E-state index in [1.54, 1.807) is 0 Å². The lowest BCUT2D eigenvalue weighted by Crippen LogP contribution is -2.63. The van der Waals surface area contributed by atoms with E-state index in [0.717, 1.165) is 25.7 Å². The zero-order valence-electron chi connectivity index (χ0n) is 22.3. The van der Waals surface area contributed by atoms with Crippen LogP contribution in [0.4, 0.5) is 0 Å². The van der Waals surface area contributed by atoms with E-state index in [1.807, 2.05) is 0 Å². The lowest BCUT2D eigenvalue weighted by atomic mass is 9.35. The van der Waals surface area contributed by atoms with Gasteiger partial charge in [-0.1, -0.05) is 46.3 Å². The van der Waals surface area contributed by atoms with Gasteiger partial charge in [-0.2, -0.15) is 0 Å². The predicted molar refractivity (Wildman–Crippen MR) is 133 cm³/mol. The van der Waals surface area contributed by atoms with Gasteiger partial charge < -0.3 is 5.11 Å². The Morgan fingerprint density at radius 1 is 0.969 bits per heavy atom. The number of allylic oxidation sites excluding steroid dienone is 2. The van der Waals surface area contributed by atoms with Crippen LogP contribution in [0.1, 0.15) is 120 Å². The van der Waals surface area contributed by atoms with Crippen LogP contribution in [0.3, 0.4) is 0 Å². The Bertz CT molecular complexity index is 787. The molecule has 4 fully saturated rings. The summed E-state index contributed by atoms with van der Waals surface area (Å²) in [6.07, 6.45) is 13.5. The van der Waals surface area contributed by atoms with Crippen molar-refractivity contribution >= 4 is 5.78 Å². The Hall–Kier alpha value is -0.630. The van der Waals surface area contributed by atoms with Crippen LogP contribution in [0.5, 0.6) is 0 Å². The van der Waals surface area contributed by atoms with E-state index >= 15 is 0 Å². The van der Waals surface area contributed by atoms with Crippen molar-refractivity contribution in [3.05, 3.63) is 11.6 Å². The molecule has 0 aromatic heterocycles. The summed E-state index contributed by atoms with van der Waals surface area (Å²) < 4.78 is 0. The number of carbonyl (C=O) groups is 1. The number of hydrogen-bond acceptors (Lipinski definition) is 2. The van der Waals surface area contributed by atoms with Crippen LogP contribution in [0.25, 0.3) is 0 Å². The second-order valence-corrected chi connectivity index (χ2v) is 14.1. The molecule has 0 aliphatic heterocycles. The van der Waals surface area contributed by atoms with Crippen molar-refractivity contribution in [1.29, 1.82) is 0 Å². The number of ketones is 1. The lowest BCUT2D eigenvalue weighted by molar-refractivity contribution is -0.207. The summed E-state index contributed by atoms with van der Waals surface area (Å²) in [5, 5.41) is 11.6. The molecule has 4 saturated carbocycles. The molecule has 4 aliphatic rings. The average Bonchev–Trinajstić information content (AvgIpc) is 3.04. The predicted octanol–water partition coefficient (Wildman–Crippen LogP) is 7.74. The first-order valence-electron chi connectivity index (χ1n) is 13.6. The minimum absolute atomic E-state index is 0.168. The van der Waals surface area contributed by atoms with E-state index in [0.29, 0.717) is 40.3 Å². The molecule has 4 rings (SSSR count). The van der Waals surface area contributed by atoms with Gasteiger partial charge in [-0.05, 0) is 118 Å². The third kappa shape index (κ3) is 3.32. The van der Waals surface area contributed by atoms with Crippen LogP contribution in [0.2, 0.25) is 0 Å². The van der Waals surface area contributed by atoms with Gasteiger partial charge >= 0.3 is 0 Å². The van der Waals surface area contributed by atoms with Gasteiger partial charge in [0, 0.05) is 11.8 Å². The molecule has 0 radical (unpaired) electrons. The maximum Gasteiger partial charge on any atom is 0.138 e. The molecule has 1 N–H and O–H groups in total. The first-order chi connectivity index (χ1) is 14.7. The molecule has 0 aromatic rings. The summed E-state index contributed by atoms with van der Waals surface area (Å²) in [4.78, 5) is 12.8. The summed E-state index contributed by atoms with van der Waals surface area (Å²) in [7, 11) is 0. The first kappa shape index (κ1) is 24.5. The largest absolute Gasteiger partial charge is 0.390 e. The molecule has 4 aliphatic carbocycles. The van der Waals surface area contributed by atoms with Crippen LogP contribution in [-0.4, -0.2) is 16.5 Å². The van der Waals surface area contributed by atoms with Gasteiger partial charge in [0.15, 0.2) is 0 Å². The van der Waals surface area contributed by atoms with Crippen molar-refractivity contribution < 1.29 is 9.90 Å².